The molecule has 4 nitrogen and oxygen atoms in total. The summed E-state index contributed by atoms with van der Waals surface area (Å²) < 4.78 is 50.0. The van der Waals surface area contributed by atoms with Crippen molar-refractivity contribution in [2.24, 2.45) is 0 Å². The topological polar surface area (TPSA) is 49.4 Å². The standard InChI is InChI=1S/C15H14F4N2O2/c16-10-4-1-2-5-11(10)20-14(23)12-6-3-8-21(12)9-7-13(22)15(17,18)19/h1-2,4-5,7,9,12H,3,6,8H2,(H,20,23). The molecule has 0 bridgehead atoms. The molecule has 1 unspecified atom stereocenters. The molecule has 1 aromatic carbocycles. The summed E-state index contributed by atoms with van der Waals surface area (Å²) in [6.45, 7) is 0.344. The number of halogens is 4. The third kappa shape index (κ3) is 4.30. The lowest BCUT2D eigenvalue weighted by Gasteiger charge is -2.22. The second-order valence-electron chi connectivity index (χ2n) is 5.04. The summed E-state index contributed by atoms with van der Waals surface area (Å²) in [5.41, 5.74) is -0.000280. The Kier molecular flexibility index (Phi) is 5.02. The lowest BCUT2D eigenvalue weighted by molar-refractivity contribution is -0.165. The quantitative estimate of drug-likeness (QED) is 0.682. The minimum absolute atomic E-state index is 0.000280. The summed E-state index contributed by atoms with van der Waals surface area (Å²) in [5, 5.41) is 2.40. The zero-order valence-corrected chi connectivity index (χ0v) is 11.9. The molecule has 8 heteroatoms. The summed E-state index contributed by atoms with van der Waals surface area (Å²) >= 11 is 0. The fourth-order valence-electron chi connectivity index (χ4n) is 2.29. The SMILES string of the molecule is O=C(Nc1ccccc1F)C1CCCN1C=CC(=O)C(F)(F)F. The Balaban J connectivity index is 2.04. The lowest BCUT2D eigenvalue weighted by atomic mass is 10.2. The molecule has 1 N–H and O–H groups in total. The van der Waals surface area contributed by atoms with E-state index >= 15 is 0 Å². The summed E-state index contributed by atoms with van der Waals surface area (Å²) in [4.78, 5) is 24.4. The number of carbonyl (C=O) groups excluding carboxylic acids is 2. The van der Waals surface area contributed by atoms with E-state index in [9.17, 15) is 27.2 Å². The Morgan fingerprint density at radius 2 is 1.96 bits per heavy atom. The van der Waals surface area contributed by atoms with E-state index in [1.165, 1.54) is 23.1 Å². The molecule has 0 aliphatic carbocycles. The van der Waals surface area contributed by atoms with Gasteiger partial charge in [-0.05, 0) is 25.0 Å². The number of carbonyl (C=O) groups is 2. The van der Waals surface area contributed by atoms with Gasteiger partial charge in [0.1, 0.15) is 11.9 Å². The molecule has 1 fully saturated rings. The van der Waals surface area contributed by atoms with E-state index < -0.39 is 29.7 Å². The van der Waals surface area contributed by atoms with E-state index in [0.717, 1.165) is 6.20 Å². The van der Waals surface area contributed by atoms with Gasteiger partial charge in [-0.1, -0.05) is 12.1 Å². The number of hydrogen-bond acceptors (Lipinski definition) is 3. The number of ketones is 1. The van der Waals surface area contributed by atoms with E-state index in [1.54, 1.807) is 6.07 Å². The van der Waals surface area contributed by atoms with Crippen LogP contribution in [0.2, 0.25) is 0 Å². The third-order valence-corrected chi connectivity index (χ3v) is 3.43. The Bertz CT molecular complexity index is 628. The van der Waals surface area contributed by atoms with Crippen LogP contribution >= 0.6 is 0 Å². The number of rotatable bonds is 4. The molecule has 23 heavy (non-hydrogen) atoms. The number of hydrogen-bond donors (Lipinski definition) is 1. The van der Waals surface area contributed by atoms with Crippen LogP contribution in [0.15, 0.2) is 36.5 Å². The van der Waals surface area contributed by atoms with Gasteiger partial charge in [-0.25, -0.2) is 4.39 Å². The van der Waals surface area contributed by atoms with E-state index in [0.29, 0.717) is 25.5 Å². The number of amides is 1. The highest BCUT2D eigenvalue weighted by atomic mass is 19.4. The van der Waals surface area contributed by atoms with E-state index in [4.69, 9.17) is 0 Å². The molecule has 0 aromatic heterocycles. The average molecular weight is 330 g/mol. The molecule has 1 aliphatic heterocycles. The van der Waals surface area contributed by atoms with Gasteiger partial charge >= 0.3 is 6.18 Å². The van der Waals surface area contributed by atoms with E-state index in [2.05, 4.69) is 5.32 Å². The van der Waals surface area contributed by atoms with Gasteiger partial charge in [0, 0.05) is 18.8 Å². The number of para-hydroxylation sites is 1. The fraction of sp³-hybridized carbons (Fsp3) is 0.333. The van der Waals surface area contributed by atoms with Crippen LogP contribution in [0.4, 0.5) is 23.2 Å². The molecular weight excluding hydrogens is 316 g/mol. The Hall–Kier alpha value is -2.38. The average Bonchev–Trinajstić information content (AvgIpc) is 2.94. The van der Waals surface area contributed by atoms with Crippen molar-refractivity contribution in [1.29, 1.82) is 0 Å². The number of alkyl halides is 3. The number of anilines is 1. The van der Waals surface area contributed by atoms with Gasteiger partial charge in [-0.15, -0.1) is 0 Å². The maximum absolute atomic E-state index is 13.5. The highest BCUT2D eigenvalue weighted by Gasteiger charge is 2.37. The molecular formula is C15H14F4N2O2. The zero-order valence-electron chi connectivity index (χ0n) is 11.9. The minimum atomic E-state index is -4.94. The smallest absolute Gasteiger partial charge is 0.365 e. The predicted molar refractivity (Wildman–Crippen MR) is 75.0 cm³/mol. The molecule has 1 aliphatic rings. The lowest BCUT2D eigenvalue weighted by Crippen LogP contribution is -2.37. The molecule has 124 valence electrons. The van der Waals surface area contributed by atoms with Crippen molar-refractivity contribution in [2.75, 3.05) is 11.9 Å². The Morgan fingerprint density at radius 1 is 1.26 bits per heavy atom. The third-order valence-electron chi connectivity index (χ3n) is 3.43. The van der Waals surface area contributed by atoms with Crippen molar-refractivity contribution < 1.29 is 27.2 Å². The number of nitrogens with one attached hydrogen (secondary N) is 1. The minimum Gasteiger partial charge on any atom is -0.365 e. The summed E-state index contributed by atoms with van der Waals surface area (Å²) in [7, 11) is 0. The van der Waals surface area contributed by atoms with Gasteiger partial charge in [0.2, 0.25) is 5.91 Å². The highest BCUT2D eigenvalue weighted by Crippen LogP contribution is 2.22. The van der Waals surface area contributed by atoms with Gasteiger partial charge in [0.05, 0.1) is 5.69 Å². The first kappa shape index (κ1) is 17.0. The van der Waals surface area contributed by atoms with Crippen molar-refractivity contribution in [2.45, 2.75) is 25.1 Å². The largest absolute Gasteiger partial charge is 0.454 e. The molecule has 1 amide bonds. The molecule has 0 spiro atoms. The molecule has 2 rings (SSSR count). The summed E-state index contributed by atoms with van der Waals surface area (Å²) in [5.74, 6) is -3.12. The first-order chi connectivity index (χ1) is 10.8. The van der Waals surface area contributed by atoms with Gasteiger partial charge in [0.15, 0.2) is 0 Å². The number of allylic oxidation sites excluding steroid dienone is 1. The van der Waals surface area contributed by atoms with Crippen molar-refractivity contribution >= 4 is 17.4 Å². The molecule has 1 saturated heterocycles. The monoisotopic (exact) mass is 330 g/mol. The van der Waals surface area contributed by atoms with Crippen LogP contribution < -0.4 is 5.32 Å². The van der Waals surface area contributed by atoms with Crippen LogP contribution in [0, 0.1) is 5.82 Å². The molecule has 1 aromatic rings. The normalized spacial score (nSPS) is 18.4. The van der Waals surface area contributed by atoms with Crippen LogP contribution in [0.3, 0.4) is 0 Å². The van der Waals surface area contributed by atoms with Gasteiger partial charge < -0.3 is 10.2 Å². The molecule has 1 atom stereocenters. The molecule has 0 radical (unpaired) electrons. The van der Waals surface area contributed by atoms with Crippen LogP contribution in [0.5, 0.6) is 0 Å². The van der Waals surface area contributed by atoms with Gasteiger partial charge in [-0.3, -0.25) is 9.59 Å². The predicted octanol–water partition coefficient (Wildman–Crippen LogP) is 2.87. The van der Waals surface area contributed by atoms with Crippen LogP contribution in [-0.4, -0.2) is 35.4 Å². The van der Waals surface area contributed by atoms with Crippen LogP contribution in [0.25, 0.3) is 0 Å². The number of benzene rings is 1. The number of likely N-dealkylation sites (tertiary alicyclic amines) is 1. The maximum atomic E-state index is 13.5. The van der Waals surface area contributed by atoms with E-state index in [1.807, 2.05) is 0 Å². The molecule has 1 heterocycles. The zero-order chi connectivity index (χ0) is 17.0. The maximum Gasteiger partial charge on any atom is 0.454 e. The summed E-state index contributed by atoms with van der Waals surface area (Å²) in [6.07, 6.45) is -2.59. The second kappa shape index (κ2) is 6.80. The fourth-order valence-corrected chi connectivity index (χ4v) is 2.29. The number of nitrogens with zero attached hydrogens (tertiary/aromatic N) is 1. The first-order valence-electron chi connectivity index (χ1n) is 6.89. The Morgan fingerprint density at radius 3 is 2.61 bits per heavy atom. The van der Waals surface area contributed by atoms with Crippen molar-refractivity contribution in [3.05, 3.63) is 42.4 Å². The van der Waals surface area contributed by atoms with Gasteiger partial charge in [0.25, 0.3) is 5.78 Å². The van der Waals surface area contributed by atoms with Crippen molar-refractivity contribution in [1.82, 2.24) is 4.90 Å². The Labute approximate surface area is 129 Å². The second-order valence-corrected chi connectivity index (χ2v) is 5.04. The summed E-state index contributed by atoms with van der Waals surface area (Å²) in [6, 6.07) is 4.84. The first-order valence-corrected chi connectivity index (χ1v) is 6.89. The van der Waals surface area contributed by atoms with Crippen molar-refractivity contribution in [3.8, 4) is 0 Å². The van der Waals surface area contributed by atoms with Crippen LogP contribution in [-0.2, 0) is 9.59 Å². The highest BCUT2D eigenvalue weighted by molar-refractivity contribution is 5.96. The van der Waals surface area contributed by atoms with Crippen molar-refractivity contribution in [3.63, 3.8) is 0 Å². The van der Waals surface area contributed by atoms with Crippen LogP contribution in [0.1, 0.15) is 12.8 Å². The van der Waals surface area contributed by atoms with Gasteiger partial charge in [-0.2, -0.15) is 13.2 Å². The van der Waals surface area contributed by atoms with E-state index in [-0.39, 0.29) is 5.69 Å². The molecule has 0 saturated carbocycles.